The molecule has 1 aliphatic heterocycles. The van der Waals surface area contributed by atoms with E-state index in [1.54, 1.807) is 24.3 Å². The largest absolute Gasteiger partial charge is 0.332 e. The van der Waals surface area contributed by atoms with E-state index in [9.17, 15) is 0 Å². The van der Waals surface area contributed by atoms with E-state index >= 15 is 0 Å². The van der Waals surface area contributed by atoms with E-state index in [1.807, 2.05) is 12.1 Å². The normalized spacial score (nSPS) is 22.1. The van der Waals surface area contributed by atoms with Gasteiger partial charge < -0.3 is 4.74 Å². The molecule has 68 valence electrons. The Morgan fingerprint density at radius 3 is 2.43 bits per heavy atom. The molecule has 1 atom stereocenters. The van der Waals surface area contributed by atoms with E-state index in [1.165, 1.54) is 0 Å². The van der Waals surface area contributed by atoms with Crippen molar-refractivity contribution in [3.8, 4) is 12.1 Å². The van der Waals surface area contributed by atoms with Crippen molar-refractivity contribution in [1.29, 1.82) is 10.5 Å². The monoisotopic (exact) mass is 204 g/mol. The lowest BCUT2D eigenvalue weighted by Crippen LogP contribution is -2.04. The van der Waals surface area contributed by atoms with Gasteiger partial charge in [-0.25, -0.2) is 0 Å². The summed E-state index contributed by atoms with van der Waals surface area (Å²) in [5, 5.41) is 18.0. The molecule has 0 saturated carbocycles. The molecule has 1 aromatic rings. The fourth-order valence-corrected chi connectivity index (χ4v) is 1.55. The average Bonchev–Trinajstić information content (AvgIpc) is 2.94. The molecular weight excluding hydrogens is 200 g/mol. The molecular formula is C10H5ClN2O. The van der Waals surface area contributed by atoms with Gasteiger partial charge in [0.2, 0.25) is 0 Å². The Bertz CT molecular complexity index is 444. The Balaban J connectivity index is 2.36. The zero-order valence-electron chi connectivity index (χ0n) is 7.07. The molecule has 14 heavy (non-hydrogen) atoms. The number of rotatable bonds is 1. The Morgan fingerprint density at radius 2 is 1.93 bits per heavy atom. The Hall–Kier alpha value is -1.55. The maximum absolute atomic E-state index is 8.74. The van der Waals surface area contributed by atoms with E-state index in [0.29, 0.717) is 10.6 Å². The molecule has 0 spiro atoms. The summed E-state index contributed by atoms with van der Waals surface area (Å²) in [5.74, 6) is 0. The lowest BCUT2D eigenvalue weighted by atomic mass is 10.0. The van der Waals surface area contributed by atoms with Crippen LogP contribution in [0.4, 0.5) is 0 Å². The summed E-state index contributed by atoms with van der Waals surface area (Å²) >= 11 is 5.90. The van der Waals surface area contributed by atoms with Gasteiger partial charge in [0, 0.05) is 10.6 Å². The molecule has 0 amide bonds. The van der Waals surface area contributed by atoms with Gasteiger partial charge in [-0.15, -0.1) is 0 Å². The first kappa shape index (κ1) is 9.02. The minimum absolute atomic E-state index is 0.508. The van der Waals surface area contributed by atoms with Crippen LogP contribution in [-0.4, -0.2) is 5.60 Å². The highest BCUT2D eigenvalue weighted by Gasteiger charge is 2.60. The van der Waals surface area contributed by atoms with Crippen molar-refractivity contribution in [2.24, 2.45) is 0 Å². The summed E-state index contributed by atoms with van der Waals surface area (Å²) in [6.45, 7) is 0. The van der Waals surface area contributed by atoms with Crippen molar-refractivity contribution < 1.29 is 4.74 Å². The number of nitrogens with zero attached hydrogens (tertiary/aromatic N) is 2. The number of ether oxygens (including phenoxy) is 1. The lowest BCUT2D eigenvalue weighted by molar-refractivity contribution is 0.369. The van der Waals surface area contributed by atoms with Crippen molar-refractivity contribution in [2.75, 3.05) is 0 Å². The van der Waals surface area contributed by atoms with Gasteiger partial charge in [0.25, 0.3) is 5.60 Å². The molecule has 0 bridgehead atoms. The van der Waals surface area contributed by atoms with E-state index in [2.05, 4.69) is 0 Å². The summed E-state index contributed by atoms with van der Waals surface area (Å²) in [7, 11) is 0. The van der Waals surface area contributed by atoms with Gasteiger partial charge in [-0.3, -0.25) is 0 Å². The highest BCUT2D eigenvalue weighted by Crippen LogP contribution is 2.50. The SMILES string of the molecule is N#CC1(C#N)O[C@H]1c1ccccc1Cl. The summed E-state index contributed by atoms with van der Waals surface area (Å²) in [6, 6.07) is 10.7. The molecule has 3 nitrogen and oxygen atoms in total. The number of epoxide rings is 1. The van der Waals surface area contributed by atoms with Gasteiger partial charge in [-0.2, -0.15) is 10.5 Å². The summed E-state index contributed by atoms with van der Waals surface area (Å²) in [4.78, 5) is 0. The number of hydrogen-bond acceptors (Lipinski definition) is 3. The molecule has 1 saturated heterocycles. The molecule has 0 radical (unpaired) electrons. The molecule has 0 aliphatic carbocycles. The van der Waals surface area contributed by atoms with Crippen LogP contribution in [0.5, 0.6) is 0 Å². The molecule has 2 rings (SSSR count). The highest BCUT2D eigenvalue weighted by atomic mass is 35.5. The smallest absolute Gasteiger partial charge is 0.272 e. The van der Waals surface area contributed by atoms with Gasteiger partial charge in [0.15, 0.2) is 0 Å². The Labute approximate surface area is 86.1 Å². The van der Waals surface area contributed by atoms with E-state index in [-0.39, 0.29) is 0 Å². The standard InChI is InChI=1S/C10H5ClN2O/c11-8-4-2-1-3-7(8)9-10(5-12,6-13)14-9/h1-4,9H/t9-/m0/s1. The van der Waals surface area contributed by atoms with Crippen LogP contribution < -0.4 is 0 Å². The topological polar surface area (TPSA) is 60.1 Å². The zero-order chi connectivity index (χ0) is 10.2. The van der Waals surface area contributed by atoms with Gasteiger partial charge in [0.05, 0.1) is 0 Å². The van der Waals surface area contributed by atoms with E-state index in [0.717, 1.165) is 0 Å². The van der Waals surface area contributed by atoms with Crippen LogP contribution in [0.3, 0.4) is 0 Å². The first-order chi connectivity index (χ1) is 6.73. The van der Waals surface area contributed by atoms with Gasteiger partial charge in [0.1, 0.15) is 18.2 Å². The predicted molar refractivity (Wildman–Crippen MR) is 49.2 cm³/mol. The second-order valence-electron chi connectivity index (χ2n) is 2.98. The maximum atomic E-state index is 8.74. The fraction of sp³-hybridized carbons (Fsp3) is 0.200. The van der Waals surface area contributed by atoms with Crippen LogP contribution in [0.1, 0.15) is 11.7 Å². The van der Waals surface area contributed by atoms with Crippen molar-refractivity contribution >= 4 is 11.6 Å². The number of halogens is 1. The van der Waals surface area contributed by atoms with Crippen LogP contribution >= 0.6 is 11.6 Å². The van der Waals surface area contributed by atoms with E-state index < -0.39 is 11.7 Å². The second kappa shape index (κ2) is 2.99. The van der Waals surface area contributed by atoms with Crippen LogP contribution in [-0.2, 0) is 4.74 Å². The van der Waals surface area contributed by atoms with Gasteiger partial charge in [-0.05, 0) is 6.07 Å². The number of hydrogen-bond donors (Lipinski definition) is 0. The van der Waals surface area contributed by atoms with E-state index in [4.69, 9.17) is 26.9 Å². The quantitative estimate of drug-likeness (QED) is 0.659. The van der Waals surface area contributed by atoms with Gasteiger partial charge >= 0.3 is 0 Å². The molecule has 1 fully saturated rings. The van der Waals surface area contributed by atoms with Crippen LogP contribution in [0.25, 0.3) is 0 Å². The minimum Gasteiger partial charge on any atom is -0.332 e. The summed E-state index contributed by atoms with van der Waals surface area (Å²) < 4.78 is 5.06. The summed E-state index contributed by atoms with van der Waals surface area (Å²) in [6.07, 6.45) is -0.508. The zero-order valence-corrected chi connectivity index (χ0v) is 7.82. The molecule has 4 heteroatoms. The maximum Gasteiger partial charge on any atom is 0.272 e. The molecule has 1 heterocycles. The fourth-order valence-electron chi connectivity index (χ4n) is 1.32. The van der Waals surface area contributed by atoms with Crippen molar-refractivity contribution in [3.05, 3.63) is 34.9 Å². The van der Waals surface area contributed by atoms with Crippen LogP contribution in [0.15, 0.2) is 24.3 Å². The average molecular weight is 205 g/mol. The predicted octanol–water partition coefficient (Wildman–Crippen LogP) is 2.20. The molecule has 0 aromatic heterocycles. The third kappa shape index (κ3) is 1.15. The van der Waals surface area contributed by atoms with Crippen LogP contribution in [0.2, 0.25) is 5.02 Å². The first-order valence-electron chi connectivity index (χ1n) is 3.98. The lowest BCUT2D eigenvalue weighted by Gasteiger charge is -1.97. The van der Waals surface area contributed by atoms with Crippen LogP contribution in [0, 0.1) is 22.7 Å². The Kier molecular flexibility index (Phi) is 1.93. The molecule has 0 N–H and O–H groups in total. The number of benzene rings is 1. The third-order valence-corrected chi connectivity index (χ3v) is 2.48. The Morgan fingerprint density at radius 1 is 1.29 bits per heavy atom. The minimum atomic E-state index is -1.33. The van der Waals surface area contributed by atoms with Crippen molar-refractivity contribution in [1.82, 2.24) is 0 Å². The van der Waals surface area contributed by atoms with Crippen molar-refractivity contribution in [2.45, 2.75) is 11.7 Å². The number of nitriles is 2. The first-order valence-corrected chi connectivity index (χ1v) is 4.36. The highest BCUT2D eigenvalue weighted by molar-refractivity contribution is 6.31. The summed E-state index contributed by atoms with van der Waals surface area (Å²) in [5.41, 5.74) is -0.636. The second-order valence-corrected chi connectivity index (χ2v) is 3.39. The third-order valence-electron chi connectivity index (χ3n) is 2.14. The molecule has 0 unspecified atom stereocenters. The molecule has 1 aromatic carbocycles. The van der Waals surface area contributed by atoms with Gasteiger partial charge in [-0.1, -0.05) is 29.8 Å². The molecule has 1 aliphatic rings. The van der Waals surface area contributed by atoms with Crippen molar-refractivity contribution in [3.63, 3.8) is 0 Å².